The van der Waals surface area contributed by atoms with E-state index in [4.69, 9.17) is 0 Å². The molecule has 1 aliphatic rings. The highest BCUT2D eigenvalue weighted by molar-refractivity contribution is 6.01. The van der Waals surface area contributed by atoms with E-state index >= 15 is 0 Å². The summed E-state index contributed by atoms with van der Waals surface area (Å²) in [6, 6.07) is 7.27. The van der Waals surface area contributed by atoms with E-state index in [-0.39, 0.29) is 12.6 Å². The lowest BCUT2D eigenvalue weighted by Gasteiger charge is -2.32. The van der Waals surface area contributed by atoms with Crippen molar-refractivity contribution in [3.63, 3.8) is 0 Å². The lowest BCUT2D eigenvalue weighted by Crippen LogP contribution is -2.53. The van der Waals surface area contributed by atoms with Crippen LogP contribution in [0.2, 0.25) is 0 Å². The number of hydrogen-bond donors (Lipinski definition) is 4. The van der Waals surface area contributed by atoms with Crippen molar-refractivity contribution in [3.05, 3.63) is 36.0 Å². The van der Waals surface area contributed by atoms with E-state index in [2.05, 4.69) is 20.9 Å². The molecule has 2 heterocycles. The van der Waals surface area contributed by atoms with Crippen LogP contribution in [-0.4, -0.2) is 41.4 Å². The number of carbonyl (C=O) groups excluding carboxylic acids is 1. The zero-order valence-corrected chi connectivity index (χ0v) is 13.2. The second kappa shape index (κ2) is 6.52. The van der Waals surface area contributed by atoms with E-state index in [1.165, 1.54) is 0 Å². The van der Waals surface area contributed by atoms with E-state index in [0.29, 0.717) is 18.7 Å². The van der Waals surface area contributed by atoms with Gasteiger partial charge in [0.25, 0.3) is 0 Å². The molecule has 1 aliphatic heterocycles. The largest absolute Gasteiger partial charge is 0.387 e. The fourth-order valence-corrected chi connectivity index (χ4v) is 2.94. The Labute approximate surface area is 135 Å². The van der Waals surface area contributed by atoms with Gasteiger partial charge in [0.05, 0.1) is 16.8 Å². The zero-order valence-electron chi connectivity index (χ0n) is 13.2. The minimum Gasteiger partial charge on any atom is -0.387 e. The molecule has 3 rings (SSSR count). The monoisotopic (exact) mass is 314 g/mol. The van der Waals surface area contributed by atoms with Crippen LogP contribution >= 0.6 is 0 Å². The highest BCUT2D eigenvalue weighted by atomic mass is 16.3. The zero-order chi connectivity index (χ0) is 16.3. The van der Waals surface area contributed by atoms with Gasteiger partial charge in [-0.3, -0.25) is 4.98 Å². The number of benzene rings is 1. The number of urea groups is 1. The van der Waals surface area contributed by atoms with Gasteiger partial charge in [-0.05, 0) is 50.1 Å². The lowest BCUT2D eigenvalue weighted by molar-refractivity contribution is 0.0198. The average molecular weight is 314 g/mol. The maximum Gasteiger partial charge on any atom is 0.319 e. The summed E-state index contributed by atoms with van der Waals surface area (Å²) < 4.78 is 0. The molecule has 6 nitrogen and oxygen atoms in total. The molecule has 4 N–H and O–H groups in total. The van der Waals surface area contributed by atoms with Gasteiger partial charge in [0.2, 0.25) is 0 Å². The maximum atomic E-state index is 12.2. The Morgan fingerprint density at radius 3 is 3.09 bits per heavy atom. The number of aromatic nitrogens is 1. The number of fused-ring (bicyclic) bond motifs is 1. The van der Waals surface area contributed by atoms with E-state index in [1.807, 2.05) is 31.2 Å². The fourth-order valence-electron chi connectivity index (χ4n) is 2.94. The van der Waals surface area contributed by atoms with Crippen molar-refractivity contribution in [1.82, 2.24) is 15.6 Å². The van der Waals surface area contributed by atoms with Crippen LogP contribution < -0.4 is 16.0 Å². The minimum atomic E-state index is -0.869. The Balaban J connectivity index is 1.67. The van der Waals surface area contributed by atoms with Crippen molar-refractivity contribution in [2.24, 2.45) is 0 Å². The smallest absolute Gasteiger partial charge is 0.319 e. The standard InChI is InChI=1S/C17H22N4O2/c1-12-5-6-14(13-4-2-9-19-15(12)13)21-16(22)20-11-17(23)7-3-8-18-10-17/h2,4-6,9,18,23H,3,7-8,10-11H2,1H3,(H2,20,21,22)/t17-/m1/s1. The number of β-amino-alcohol motifs (C(OH)–C–C–N with tert-alkyl or cyclic N) is 1. The van der Waals surface area contributed by atoms with Crippen LogP contribution in [0.5, 0.6) is 0 Å². The van der Waals surface area contributed by atoms with Crippen LogP contribution in [0.4, 0.5) is 10.5 Å². The summed E-state index contributed by atoms with van der Waals surface area (Å²) in [5, 5.41) is 20.0. The number of nitrogens with one attached hydrogen (secondary N) is 3. The van der Waals surface area contributed by atoms with Crippen LogP contribution in [0.25, 0.3) is 10.9 Å². The number of piperidine rings is 1. The topological polar surface area (TPSA) is 86.3 Å². The van der Waals surface area contributed by atoms with Gasteiger partial charge in [0.15, 0.2) is 0 Å². The molecule has 1 saturated heterocycles. The number of pyridine rings is 1. The number of carbonyl (C=O) groups is 1. The average Bonchev–Trinajstić information content (AvgIpc) is 2.57. The Morgan fingerprint density at radius 2 is 2.30 bits per heavy atom. The van der Waals surface area contributed by atoms with Gasteiger partial charge in [-0.15, -0.1) is 0 Å². The molecule has 0 spiro atoms. The minimum absolute atomic E-state index is 0.230. The normalized spacial score (nSPS) is 21.1. The van der Waals surface area contributed by atoms with Gasteiger partial charge in [-0.25, -0.2) is 4.79 Å². The van der Waals surface area contributed by atoms with Crippen molar-refractivity contribution in [2.75, 3.05) is 25.0 Å². The first-order valence-electron chi connectivity index (χ1n) is 7.90. The molecule has 1 fully saturated rings. The van der Waals surface area contributed by atoms with Crippen LogP contribution in [0, 0.1) is 6.92 Å². The maximum absolute atomic E-state index is 12.2. The predicted molar refractivity (Wildman–Crippen MR) is 90.6 cm³/mol. The number of amides is 2. The first-order chi connectivity index (χ1) is 11.1. The van der Waals surface area contributed by atoms with Gasteiger partial charge in [-0.2, -0.15) is 0 Å². The fraction of sp³-hybridized carbons (Fsp3) is 0.412. The summed E-state index contributed by atoms with van der Waals surface area (Å²) in [6.45, 7) is 3.64. The molecule has 1 atom stereocenters. The summed E-state index contributed by atoms with van der Waals surface area (Å²) in [7, 11) is 0. The van der Waals surface area contributed by atoms with Crippen LogP contribution in [0.15, 0.2) is 30.5 Å². The molecule has 1 aromatic carbocycles. The quantitative estimate of drug-likeness (QED) is 0.695. The summed E-state index contributed by atoms with van der Waals surface area (Å²) in [5.74, 6) is 0. The van der Waals surface area contributed by atoms with Crippen LogP contribution in [0.3, 0.4) is 0 Å². The second-order valence-corrected chi connectivity index (χ2v) is 6.14. The highest BCUT2D eigenvalue weighted by Crippen LogP contribution is 2.24. The Kier molecular flexibility index (Phi) is 4.45. The van der Waals surface area contributed by atoms with E-state index in [0.717, 1.165) is 29.4 Å². The number of rotatable bonds is 3. The van der Waals surface area contributed by atoms with Gasteiger partial charge >= 0.3 is 6.03 Å². The molecule has 2 aromatic rings. The van der Waals surface area contributed by atoms with Crippen molar-refractivity contribution < 1.29 is 9.90 Å². The number of anilines is 1. The third-order valence-corrected chi connectivity index (χ3v) is 4.25. The third-order valence-electron chi connectivity index (χ3n) is 4.25. The van der Waals surface area contributed by atoms with E-state index < -0.39 is 5.60 Å². The molecule has 6 heteroatoms. The molecule has 0 radical (unpaired) electrons. The Morgan fingerprint density at radius 1 is 1.43 bits per heavy atom. The molecule has 2 amide bonds. The summed E-state index contributed by atoms with van der Waals surface area (Å²) >= 11 is 0. The van der Waals surface area contributed by atoms with Crippen molar-refractivity contribution in [1.29, 1.82) is 0 Å². The van der Waals surface area contributed by atoms with Gasteiger partial charge in [0.1, 0.15) is 0 Å². The van der Waals surface area contributed by atoms with Crippen molar-refractivity contribution in [2.45, 2.75) is 25.4 Å². The predicted octanol–water partition coefficient (Wildman–Crippen LogP) is 1.78. The third kappa shape index (κ3) is 3.60. The molecule has 0 unspecified atom stereocenters. The first kappa shape index (κ1) is 15.7. The lowest BCUT2D eigenvalue weighted by atomic mass is 9.94. The molecule has 0 aliphatic carbocycles. The SMILES string of the molecule is Cc1ccc(NC(=O)NC[C@@]2(O)CCCNC2)c2cccnc12. The number of nitrogens with zero attached hydrogens (tertiary/aromatic N) is 1. The molecular formula is C17H22N4O2. The van der Waals surface area contributed by atoms with Gasteiger partial charge in [-0.1, -0.05) is 6.07 Å². The van der Waals surface area contributed by atoms with Crippen LogP contribution in [-0.2, 0) is 0 Å². The molecule has 122 valence electrons. The van der Waals surface area contributed by atoms with E-state index in [9.17, 15) is 9.90 Å². The summed E-state index contributed by atoms with van der Waals surface area (Å²) in [6.07, 6.45) is 3.34. The van der Waals surface area contributed by atoms with Crippen molar-refractivity contribution >= 4 is 22.6 Å². The number of aliphatic hydroxyl groups is 1. The molecular weight excluding hydrogens is 292 g/mol. The number of aryl methyl sites for hydroxylation is 1. The van der Waals surface area contributed by atoms with Gasteiger partial charge in [0, 0.05) is 24.7 Å². The Hall–Kier alpha value is -2.18. The summed E-state index contributed by atoms with van der Waals surface area (Å²) in [5.41, 5.74) is 1.78. The van der Waals surface area contributed by atoms with Gasteiger partial charge < -0.3 is 21.1 Å². The highest BCUT2D eigenvalue weighted by Gasteiger charge is 2.29. The van der Waals surface area contributed by atoms with Crippen molar-refractivity contribution in [3.8, 4) is 0 Å². The van der Waals surface area contributed by atoms with Crippen LogP contribution in [0.1, 0.15) is 18.4 Å². The molecule has 0 saturated carbocycles. The first-order valence-corrected chi connectivity index (χ1v) is 7.90. The molecule has 1 aromatic heterocycles. The molecule has 0 bridgehead atoms. The second-order valence-electron chi connectivity index (χ2n) is 6.14. The van der Waals surface area contributed by atoms with E-state index in [1.54, 1.807) is 6.20 Å². The number of hydrogen-bond acceptors (Lipinski definition) is 4. The summed E-state index contributed by atoms with van der Waals surface area (Å²) in [4.78, 5) is 16.5. The Bertz CT molecular complexity index is 711. The molecule has 23 heavy (non-hydrogen) atoms.